The van der Waals surface area contributed by atoms with Gasteiger partial charge in [-0.15, -0.1) is 0 Å². The van der Waals surface area contributed by atoms with Gasteiger partial charge < -0.3 is 4.74 Å². The van der Waals surface area contributed by atoms with Crippen LogP contribution in [0.1, 0.15) is 27.0 Å². The number of ether oxygens (including phenoxy) is 1. The summed E-state index contributed by atoms with van der Waals surface area (Å²) in [6, 6.07) is 9.51. The molecule has 0 radical (unpaired) electrons. The van der Waals surface area contributed by atoms with Crippen LogP contribution in [-0.2, 0) is 0 Å². The first-order valence-corrected chi connectivity index (χ1v) is 6.81. The lowest BCUT2D eigenvalue weighted by Crippen LogP contribution is -1.94. The van der Waals surface area contributed by atoms with Gasteiger partial charge in [-0.05, 0) is 61.7 Å². The molecule has 0 amide bonds. The van der Waals surface area contributed by atoms with Crippen LogP contribution < -0.4 is 4.74 Å². The third-order valence-electron chi connectivity index (χ3n) is 3.08. The van der Waals surface area contributed by atoms with Crippen LogP contribution in [0.15, 0.2) is 34.8 Å². The van der Waals surface area contributed by atoms with Gasteiger partial charge in [0, 0.05) is 4.47 Å². The zero-order chi connectivity index (χ0) is 14.0. The molecular formula is C16H15BrO2. The van der Waals surface area contributed by atoms with Crippen molar-refractivity contribution in [3.05, 3.63) is 57.1 Å². The topological polar surface area (TPSA) is 26.3 Å². The monoisotopic (exact) mass is 318 g/mol. The number of carbonyl (C=O) groups is 1. The number of benzene rings is 2. The Morgan fingerprint density at radius 1 is 1.05 bits per heavy atom. The summed E-state index contributed by atoms with van der Waals surface area (Å²) in [7, 11) is 0. The molecule has 2 aromatic carbocycles. The van der Waals surface area contributed by atoms with Crippen LogP contribution in [0.4, 0.5) is 0 Å². The van der Waals surface area contributed by atoms with Crippen molar-refractivity contribution in [2.75, 3.05) is 0 Å². The molecule has 3 heteroatoms. The van der Waals surface area contributed by atoms with Crippen molar-refractivity contribution in [1.82, 2.24) is 0 Å². The smallest absolute Gasteiger partial charge is 0.153 e. The predicted molar refractivity (Wildman–Crippen MR) is 80.3 cm³/mol. The molecule has 98 valence electrons. The third kappa shape index (κ3) is 3.04. The van der Waals surface area contributed by atoms with Crippen LogP contribution in [0.5, 0.6) is 11.5 Å². The molecule has 0 heterocycles. The Morgan fingerprint density at radius 2 is 1.79 bits per heavy atom. The normalized spacial score (nSPS) is 10.3. The first-order valence-electron chi connectivity index (χ1n) is 6.01. The van der Waals surface area contributed by atoms with E-state index in [-0.39, 0.29) is 0 Å². The van der Waals surface area contributed by atoms with E-state index in [1.165, 1.54) is 5.56 Å². The first kappa shape index (κ1) is 13.8. The Kier molecular flexibility index (Phi) is 4.05. The van der Waals surface area contributed by atoms with Crippen molar-refractivity contribution in [3.63, 3.8) is 0 Å². The van der Waals surface area contributed by atoms with Crippen molar-refractivity contribution in [2.45, 2.75) is 20.8 Å². The summed E-state index contributed by atoms with van der Waals surface area (Å²) in [5.74, 6) is 1.37. The maximum absolute atomic E-state index is 11.1. The number of halogens is 1. The Bertz CT molecular complexity index is 633. The minimum Gasteiger partial charge on any atom is -0.456 e. The Balaban J connectivity index is 2.44. The Morgan fingerprint density at radius 3 is 2.47 bits per heavy atom. The van der Waals surface area contributed by atoms with E-state index in [9.17, 15) is 4.79 Å². The molecular weight excluding hydrogens is 304 g/mol. The van der Waals surface area contributed by atoms with Gasteiger partial charge in [0.15, 0.2) is 6.29 Å². The van der Waals surface area contributed by atoms with Crippen molar-refractivity contribution >= 4 is 22.2 Å². The minimum absolute atomic E-state index is 0.535. The van der Waals surface area contributed by atoms with Gasteiger partial charge in [0.25, 0.3) is 0 Å². The van der Waals surface area contributed by atoms with Crippen LogP contribution in [0.2, 0.25) is 0 Å². The van der Waals surface area contributed by atoms with E-state index in [4.69, 9.17) is 4.74 Å². The van der Waals surface area contributed by atoms with Gasteiger partial charge in [-0.2, -0.15) is 0 Å². The molecule has 2 nitrogen and oxygen atoms in total. The molecule has 0 bridgehead atoms. The number of rotatable bonds is 3. The van der Waals surface area contributed by atoms with Crippen LogP contribution in [0.25, 0.3) is 0 Å². The molecule has 0 fully saturated rings. The summed E-state index contributed by atoms with van der Waals surface area (Å²) in [5.41, 5.74) is 3.95. The molecule has 0 saturated carbocycles. The Hall–Kier alpha value is -1.61. The number of hydrogen-bond donors (Lipinski definition) is 0. The quantitative estimate of drug-likeness (QED) is 0.746. The van der Waals surface area contributed by atoms with Crippen molar-refractivity contribution < 1.29 is 9.53 Å². The lowest BCUT2D eigenvalue weighted by Gasteiger charge is -2.13. The van der Waals surface area contributed by atoms with Gasteiger partial charge in [-0.1, -0.05) is 22.0 Å². The molecule has 0 atom stereocenters. The molecule has 0 aliphatic rings. The molecule has 2 aromatic rings. The number of aryl methyl sites for hydroxylation is 2. The van der Waals surface area contributed by atoms with E-state index in [1.807, 2.05) is 26.0 Å². The summed E-state index contributed by atoms with van der Waals surface area (Å²) in [4.78, 5) is 11.1. The average Bonchev–Trinajstić information content (AvgIpc) is 2.37. The molecule has 0 saturated heterocycles. The minimum atomic E-state index is 0.535. The van der Waals surface area contributed by atoms with Gasteiger partial charge in [0.1, 0.15) is 11.5 Å². The van der Waals surface area contributed by atoms with E-state index in [0.717, 1.165) is 27.6 Å². The predicted octanol–water partition coefficient (Wildman–Crippen LogP) is 4.98. The molecule has 0 unspecified atom stereocenters. The van der Waals surface area contributed by atoms with E-state index in [1.54, 1.807) is 12.1 Å². The van der Waals surface area contributed by atoms with Crippen molar-refractivity contribution in [1.29, 1.82) is 0 Å². The summed E-state index contributed by atoms with van der Waals surface area (Å²) >= 11 is 3.35. The highest BCUT2D eigenvalue weighted by Gasteiger charge is 2.09. The zero-order valence-electron chi connectivity index (χ0n) is 11.2. The van der Waals surface area contributed by atoms with Crippen LogP contribution >= 0.6 is 15.9 Å². The fourth-order valence-corrected chi connectivity index (χ4v) is 2.31. The molecule has 0 aliphatic carbocycles. The number of carbonyl (C=O) groups excluding carboxylic acids is 1. The SMILES string of the molecule is Cc1cc(C)c(C)c(Oc2ccc(Br)cc2C=O)c1. The standard InChI is InChI=1S/C16H15BrO2/c1-10-6-11(2)12(3)16(7-10)19-15-5-4-14(17)8-13(15)9-18/h4-9H,1-3H3. The number of hydrogen-bond acceptors (Lipinski definition) is 2. The van der Waals surface area contributed by atoms with E-state index in [0.29, 0.717) is 11.3 Å². The fourth-order valence-electron chi connectivity index (χ4n) is 1.93. The van der Waals surface area contributed by atoms with Crippen molar-refractivity contribution in [3.8, 4) is 11.5 Å². The van der Waals surface area contributed by atoms with E-state index >= 15 is 0 Å². The largest absolute Gasteiger partial charge is 0.456 e. The first-order chi connectivity index (χ1) is 9.01. The summed E-state index contributed by atoms with van der Waals surface area (Å²) in [5, 5.41) is 0. The molecule has 0 spiro atoms. The fraction of sp³-hybridized carbons (Fsp3) is 0.188. The molecule has 0 aliphatic heterocycles. The van der Waals surface area contributed by atoms with Gasteiger partial charge in [0.2, 0.25) is 0 Å². The highest BCUT2D eigenvalue weighted by Crippen LogP contribution is 2.31. The summed E-state index contributed by atoms with van der Waals surface area (Å²) in [6.07, 6.45) is 0.804. The molecule has 2 rings (SSSR count). The second kappa shape index (κ2) is 5.57. The van der Waals surface area contributed by atoms with Gasteiger partial charge in [-0.3, -0.25) is 4.79 Å². The van der Waals surface area contributed by atoms with Crippen LogP contribution in [-0.4, -0.2) is 6.29 Å². The second-order valence-corrected chi connectivity index (χ2v) is 5.52. The molecule has 0 aromatic heterocycles. The van der Waals surface area contributed by atoms with Gasteiger partial charge >= 0.3 is 0 Å². The lowest BCUT2D eigenvalue weighted by molar-refractivity contribution is 0.112. The second-order valence-electron chi connectivity index (χ2n) is 4.61. The lowest BCUT2D eigenvalue weighted by atomic mass is 10.1. The highest BCUT2D eigenvalue weighted by atomic mass is 79.9. The molecule has 0 N–H and O–H groups in total. The zero-order valence-corrected chi connectivity index (χ0v) is 12.7. The highest BCUT2D eigenvalue weighted by molar-refractivity contribution is 9.10. The van der Waals surface area contributed by atoms with E-state index in [2.05, 4.69) is 28.9 Å². The maximum Gasteiger partial charge on any atom is 0.153 e. The third-order valence-corrected chi connectivity index (χ3v) is 3.58. The van der Waals surface area contributed by atoms with Gasteiger partial charge in [0.05, 0.1) is 5.56 Å². The van der Waals surface area contributed by atoms with Crippen LogP contribution in [0, 0.1) is 20.8 Å². The molecule has 19 heavy (non-hydrogen) atoms. The van der Waals surface area contributed by atoms with Crippen LogP contribution in [0.3, 0.4) is 0 Å². The van der Waals surface area contributed by atoms with Crippen molar-refractivity contribution in [2.24, 2.45) is 0 Å². The number of aldehydes is 1. The summed E-state index contributed by atoms with van der Waals surface area (Å²) < 4.78 is 6.76. The van der Waals surface area contributed by atoms with Gasteiger partial charge in [-0.25, -0.2) is 0 Å². The maximum atomic E-state index is 11.1. The van der Waals surface area contributed by atoms with E-state index < -0.39 is 0 Å². The average molecular weight is 319 g/mol. The Labute approximate surface area is 121 Å². The summed E-state index contributed by atoms with van der Waals surface area (Å²) in [6.45, 7) is 6.10.